The van der Waals surface area contributed by atoms with Gasteiger partial charge in [-0.05, 0) is 60.5 Å². The van der Waals surface area contributed by atoms with Gasteiger partial charge in [0.1, 0.15) is 12.6 Å². The highest BCUT2D eigenvalue weighted by Gasteiger charge is 2.33. The van der Waals surface area contributed by atoms with Gasteiger partial charge in [0.25, 0.3) is 10.0 Å². The molecular weight excluding hydrogens is 577 g/mol. The zero-order valence-electron chi connectivity index (χ0n) is 22.6. The molecule has 40 heavy (non-hydrogen) atoms. The van der Waals surface area contributed by atoms with Crippen LogP contribution >= 0.6 is 23.2 Å². The molecule has 1 unspecified atom stereocenters. The van der Waals surface area contributed by atoms with Gasteiger partial charge in [-0.15, -0.1) is 0 Å². The van der Waals surface area contributed by atoms with Crippen molar-refractivity contribution in [3.05, 3.63) is 82.3 Å². The average Bonchev–Trinajstić information content (AvgIpc) is 2.96. The fraction of sp³-hybridized carbons (Fsp3) is 0.286. The van der Waals surface area contributed by atoms with E-state index in [1.165, 1.54) is 68.6 Å². The molecule has 3 rings (SSSR count). The van der Waals surface area contributed by atoms with Gasteiger partial charge < -0.3 is 19.7 Å². The first-order valence-corrected chi connectivity index (χ1v) is 14.5. The van der Waals surface area contributed by atoms with Crippen LogP contribution in [0.4, 0.5) is 5.69 Å². The zero-order chi connectivity index (χ0) is 29.4. The van der Waals surface area contributed by atoms with Gasteiger partial charge in [-0.3, -0.25) is 13.9 Å². The van der Waals surface area contributed by atoms with Crippen LogP contribution in [0.2, 0.25) is 10.0 Å². The van der Waals surface area contributed by atoms with Gasteiger partial charge in [0.15, 0.2) is 11.5 Å². The van der Waals surface area contributed by atoms with Crippen LogP contribution in [0.3, 0.4) is 0 Å². The van der Waals surface area contributed by atoms with Crippen molar-refractivity contribution in [1.29, 1.82) is 0 Å². The van der Waals surface area contributed by atoms with Crippen molar-refractivity contribution in [2.75, 3.05) is 32.1 Å². The lowest BCUT2D eigenvalue weighted by molar-refractivity contribution is -0.140. The van der Waals surface area contributed by atoms with Crippen LogP contribution in [0.25, 0.3) is 0 Å². The van der Waals surface area contributed by atoms with Crippen molar-refractivity contribution in [2.45, 2.75) is 30.8 Å². The first-order chi connectivity index (χ1) is 19.0. The molecule has 0 aliphatic carbocycles. The molecule has 3 aromatic carbocycles. The predicted octanol–water partition coefficient (Wildman–Crippen LogP) is 4.76. The molecule has 2 amide bonds. The first kappa shape index (κ1) is 31.1. The van der Waals surface area contributed by atoms with Gasteiger partial charge in [0.2, 0.25) is 11.8 Å². The fourth-order valence-electron chi connectivity index (χ4n) is 4.11. The highest BCUT2D eigenvalue weighted by molar-refractivity contribution is 7.92. The Morgan fingerprint density at radius 3 is 2.00 bits per heavy atom. The third-order valence-corrected chi connectivity index (χ3v) is 8.51. The van der Waals surface area contributed by atoms with Gasteiger partial charge in [-0.1, -0.05) is 42.3 Å². The molecule has 0 aromatic heterocycles. The lowest BCUT2D eigenvalue weighted by Gasteiger charge is -2.33. The van der Waals surface area contributed by atoms with Crippen LogP contribution in [0, 0.1) is 0 Å². The van der Waals surface area contributed by atoms with E-state index in [9.17, 15) is 18.0 Å². The summed E-state index contributed by atoms with van der Waals surface area (Å²) in [4.78, 5) is 28.0. The average molecular weight is 609 g/mol. The molecule has 0 aliphatic heterocycles. The number of hydrogen-bond acceptors (Lipinski definition) is 6. The summed E-state index contributed by atoms with van der Waals surface area (Å²) in [7, 11) is 0.0199. The SMILES string of the molecule is CCC(C(=O)NC)N(Cc1ccc(Cl)cc1)C(=O)CN(c1ccc(Cl)cc1)S(=O)(=O)c1ccc(OC)c(OC)c1. The Labute approximate surface area is 244 Å². The molecule has 1 atom stereocenters. The molecule has 0 heterocycles. The van der Waals surface area contributed by atoms with Crippen LogP contribution in [0.15, 0.2) is 71.6 Å². The lowest BCUT2D eigenvalue weighted by Crippen LogP contribution is -2.51. The van der Waals surface area contributed by atoms with Crippen LogP contribution in [-0.2, 0) is 26.2 Å². The maximum atomic E-state index is 14.0. The minimum Gasteiger partial charge on any atom is -0.493 e. The molecule has 12 heteroatoms. The standard InChI is InChI=1S/C28H31Cl2N3O6S/c1-5-24(28(35)31-2)32(17-19-6-8-20(29)9-7-19)27(34)18-33(22-12-10-21(30)11-13-22)40(36,37)23-14-15-25(38-3)26(16-23)39-4/h6-16,24H,5,17-18H2,1-4H3,(H,31,35). The van der Waals surface area contributed by atoms with E-state index in [0.717, 1.165) is 9.87 Å². The van der Waals surface area contributed by atoms with Crippen molar-refractivity contribution in [3.8, 4) is 11.5 Å². The summed E-state index contributed by atoms with van der Waals surface area (Å²) >= 11 is 12.1. The van der Waals surface area contributed by atoms with E-state index in [1.807, 2.05) is 0 Å². The summed E-state index contributed by atoms with van der Waals surface area (Å²) in [5.74, 6) is -0.392. The number of rotatable bonds is 12. The third-order valence-electron chi connectivity index (χ3n) is 6.23. The number of anilines is 1. The smallest absolute Gasteiger partial charge is 0.264 e. The number of nitrogens with one attached hydrogen (secondary N) is 1. The van der Waals surface area contributed by atoms with Crippen LogP contribution in [0.5, 0.6) is 11.5 Å². The Morgan fingerprint density at radius 1 is 0.900 bits per heavy atom. The molecule has 214 valence electrons. The number of sulfonamides is 1. The number of carbonyl (C=O) groups is 2. The quantitative estimate of drug-likeness (QED) is 0.318. The molecule has 0 saturated heterocycles. The number of nitrogens with zero attached hydrogens (tertiary/aromatic N) is 2. The molecule has 0 bridgehead atoms. The second kappa shape index (κ2) is 13.7. The molecule has 3 aromatic rings. The summed E-state index contributed by atoms with van der Waals surface area (Å²) in [5.41, 5.74) is 0.938. The van der Waals surface area contributed by atoms with Crippen molar-refractivity contribution in [2.24, 2.45) is 0 Å². The number of methoxy groups -OCH3 is 2. The van der Waals surface area contributed by atoms with E-state index >= 15 is 0 Å². The topological polar surface area (TPSA) is 105 Å². The zero-order valence-corrected chi connectivity index (χ0v) is 24.9. The molecule has 9 nitrogen and oxygen atoms in total. The first-order valence-electron chi connectivity index (χ1n) is 12.3. The van der Waals surface area contributed by atoms with E-state index in [4.69, 9.17) is 32.7 Å². The number of amides is 2. The fourth-order valence-corrected chi connectivity index (χ4v) is 5.80. The Kier molecular flexibility index (Phi) is 10.7. The second-order valence-electron chi connectivity index (χ2n) is 8.69. The highest BCUT2D eigenvalue weighted by Crippen LogP contribution is 2.32. The van der Waals surface area contributed by atoms with Gasteiger partial charge in [-0.25, -0.2) is 8.42 Å². The summed E-state index contributed by atoms with van der Waals surface area (Å²) in [6, 6.07) is 16.3. The Morgan fingerprint density at radius 2 is 1.48 bits per heavy atom. The number of benzene rings is 3. The van der Waals surface area contributed by atoms with Gasteiger partial charge in [0, 0.05) is 29.7 Å². The van der Waals surface area contributed by atoms with Gasteiger partial charge >= 0.3 is 0 Å². The van der Waals surface area contributed by atoms with Crippen molar-refractivity contribution < 1.29 is 27.5 Å². The Bertz CT molecular complexity index is 1430. The molecule has 0 spiro atoms. The number of carbonyl (C=O) groups excluding carboxylic acids is 2. The summed E-state index contributed by atoms with van der Waals surface area (Å²) in [6.45, 7) is 1.26. The van der Waals surface area contributed by atoms with Crippen LogP contribution in [0.1, 0.15) is 18.9 Å². The molecular formula is C28H31Cl2N3O6S. The molecule has 0 fully saturated rings. The maximum Gasteiger partial charge on any atom is 0.264 e. The summed E-state index contributed by atoms with van der Waals surface area (Å²) in [5, 5.41) is 3.51. The van der Waals surface area contributed by atoms with E-state index in [2.05, 4.69) is 5.32 Å². The van der Waals surface area contributed by atoms with Gasteiger partial charge in [0.05, 0.1) is 24.8 Å². The normalized spacial score (nSPS) is 11.8. The third kappa shape index (κ3) is 7.18. The monoisotopic (exact) mass is 607 g/mol. The molecule has 0 aliphatic rings. The van der Waals surface area contributed by atoms with E-state index < -0.39 is 28.5 Å². The van der Waals surface area contributed by atoms with Crippen LogP contribution < -0.4 is 19.1 Å². The number of halogens is 2. The highest BCUT2D eigenvalue weighted by atomic mass is 35.5. The minimum atomic E-state index is -4.30. The Balaban J connectivity index is 2.08. The van der Waals surface area contributed by atoms with E-state index in [1.54, 1.807) is 31.2 Å². The second-order valence-corrected chi connectivity index (χ2v) is 11.4. The number of hydrogen-bond donors (Lipinski definition) is 1. The van der Waals surface area contributed by atoms with Crippen molar-refractivity contribution in [3.63, 3.8) is 0 Å². The number of likely N-dealkylation sites (N-methyl/N-ethyl adjacent to an activating group) is 1. The van der Waals surface area contributed by atoms with Crippen molar-refractivity contribution >= 4 is 50.7 Å². The Hall–Kier alpha value is -3.47. The van der Waals surface area contributed by atoms with Gasteiger partial charge in [-0.2, -0.15) is 0 Å². The minimum absolute atomic E-state index is 0.0623. The largest absolute Gasteiger partial charge is 0.493 e. The summed E-state index contributed by atoms with van der Waals surface area (Å²) < 4.78 is 39.5. The van der Waals surface area contributed by atoms with E-state index in [0.29, 0.717) is 22.2 Å². The summed E-state index contributed by atoms with van der Waals surface area (Å²) in [6.07, 6.45) is 0.308. The molecule has 0 saturated carbocycles. The van der Waals surface area contributed by atoms with E-state index in [-0.39, 0.29) is 28.8 Å². The predicted molar refractivity (Wildman–Crippen MR) is 156 cm³/mol. The van der Waals surface area contributed by atoms with Crippen molar-refractivity contribution in [1.82, 2.24) is 10.2 Å². The number of ether oxygens (including phenoxy) is 2. The van der Waals surface area contributed by atoms with Crippen LogP contribution in [-0.4, -0.2) is 59.0 Å². The lowest BCUT2D eigenvalue weighted by atomic mass is 10.1. The maximum absolute atomic E-state index is 14.0. The molecule has 0 radical (unpaired) electrons. The molecule has 1 N–H and O–H groups in total.